The van der Waals surface area contributed by atoms with Crippen molar-refractivity contribution in [3.63, 3.8) is 0 Å². The van der Waals surface area contributed by atoms with Gasteiger partial charge in [-0.2, -0.15) is 0 Å². The Balaban J connectivity index is 1.62. The molecule has 0 spiro atoms. The number of nitrogens with zero attached hydrogens (tertiary/aromatic N) is 1. The highest BCUT2D eigenvalue weighted by atomic mass is 32.2. The Morgan fingerprint density at radius 1 is 0.853 bits per heavy atom. The number of hydrogen-bond donors (Lipinski definition) is 0. The lowest BCUT2D eigenvalue weighted by molar-refractivity contribution is 0.0224. The third-order valence-corrected chi connectivity index (χ3v) is 7.90. The van der Waals surface area contributed by atoms with Crippen molar-refractivity contribution < 1.29 is 9.53 Å². The lowest BCUT2D eigenvalue weighted by atomic mass is 9.84. The van der Waals surface area contributed by atoms with Crippen LogP contribution in [0.15, 0.2) is 91.0 Å². The van der Waals surface area contributed by atoms with Gasteiger partial charge in [0.2, 0.25) is 0 Å². The summed E-state index contributed by atoms with van der Waals surface area (Å²) in [4.78, 5) is 14.7. The maximum absolute atomic E-state index is 12.8. The molecule has 1 saturated heterocycles. The third-order valence-electron chi connectivity index (χ3n) is 6.32. The monoisotopic (exact) mass is 473 g/mol. The van der Waals surface area contributed by atoms with Crippen LogP contribution in [-0.2, 0) is 9.48 Å². The standard InChI is InChI=1S/C30H35NO2S/c1-29(2,3)33-28(32)31-22-13-20-27(31)21-23-34-30(24-14-7-4-8-15-24,25-16-9-5-10-17-25)26-18-11-6-12-19-26/h4-12,14-19,27H,13,20-23H2,1-3H3. The van der Waals surface area contributed by atoms with Crippen molar-refractivity contribution in [3.8, 4) is 0 Å². The summed E-state index contributed by atoms with van der Waals surface area (Å²) in [5, 5.41) is 0. The maximum atomic E-state index is 12.8. The molecule has 1 fully saturated rings. The predicted octanol–water partition coefficient (Wildman–Crippen LogP) is 7.50. The van der Waals surface area contributed by atoms with Crippen molar-refractivity contribution in [2.45, 2.75) is 56.4 Å². The highest BCUT2D eigenvalue weighted by molar-refractivity contribution is 8.00. The summed E-state index contributed by atoms with van der Waals surface area (Å²) in [6, 6.07) is 32.6. The fourth-order valence-corrected chi connectivity index (χ4v) is 6.42. The minimum absolute atomic E-state index is 0.180. The number of benzene rings is 3. The Hall–Kier alpha value is -2.72. The largest absolute Gasteiger partial charge is 0.444 e. The van der Waals surface area contributed by atoms with E-state index in [1.807, 2.05) is 37.4 Å². The zero-order valence-corrected chi connectivity index (χ0v) is 21.3. The van der Waals surface area contributed by atoms with Gasteiger partial charge in [0.15, 0.2) is 0 Å². The predicted molar refractivity (Wildman–Crippen MR) is 142 cm³/mol. The minimum Gasteiger partial charge on any atom is -0.444 e. The quantitative estimate of drug-likeness (QED) is 0.333. The van der Waals surface area contributed by atoms with E-state index in [-0.39, 0.29) is 16.9 Å². The molecule has 34 heavy (non-hydrogen) atoms. The second kappa shape index (κ2) is 10.7. The normalized spacial score (nSPS) is 16.4. The molecule has 0 aliphatic carbocycles. The van der Waals surface area contributed by atoms with E-state index in [1.165, 1.54) is 16.7 Å². The molecule has 4 rings (SSSR count). The van der Waals surface area contributed by atoms with E-state index in [1.54, 1.807) is 0 Å². The van der Waals surface area contributed by atoms with Crippen molar-refractivity contribution in [1.29, 1.82) is 0 Å². The molecule has 1 aliphatic rings. The lowest BCUT2D eigenvalue weighted by Crippen LogP contribution is -2.40. The van der Waals surface area contributed by atoms with Crippen molar-refractivity contribution in [2.75, 3.05) is 12.3 Å². The molecule has 1 aliphatic heterocycles. The van der Waals surface area contributed by atoms with Gasteiger partial charge in [0.25, 0.3) is 0 Å². The molecular weight excluding hydrogens is 438 g/mol. The molecule has 0 aromatic heterocycles. The molecule has 3 aromatic rings. The Labute approximate surface area is 208 Å². The van der Waals surface area contributed by atoms with Gasteiger partial charge in [-0.1, -0.05) is 91.0 Å². The first-order chi connectivity index (χ1) is 16.4. The van der Waals surface area contributed by atoms with Crippen molar-refractivity contribution in [2.24, 2.45) is 0 Å². The number of hydrogen-bond acceptors (Lipinski definition) is 3. The van der Waals surface area contributed by atoms with Gasteiger partial charge < -0.3 is 9.64 Å². The molecular formula is C30H35NO2S. The number of carbonyl (C=O) groups is 1. The molecule has 0 saturated carbocycles. The van der Waals surface area contributed by atoms with E-state index in [0.717, 1.165) is 31.6 Å². The van der Waals surface area contributed by atoms with Crippen LogP contribution in [0.25, 0.3) is 0 Å². The fourth-order valence-electron chi connectivity index (χ4n) is 4.81. The number of thioether (sulfide) groups is 1. The Morgan fingerprint density at radius 2 is 1.32 bits per heavy atom. The molecule has 0 N–H and O–H groups in total. The Kier molecular flexibility index (Phi) is 7.67. The summed E-state index contributed by atoms with van der Waals surface area (Å²) in [6.45, 7) is 6.57. The van der Waals surface area contributed by atoms with E-state index in [9.17, 15) is 4.79 Å². The lowest BCUT2D eigenvalue weighted by Gasteiger charge is -2.36. The minimum atomic E-state index is -0.470. The SMILES string of the molecule is CC(C)(C)OC(=O)N1CCCC1CCSC(c1ccccc1)(c1ccccc1)c1ccccc1. The number of ether oxygens (including phenoxy) is 1. The fraction of sp³-hybridized carbons (Fsp3) is 0.367. The summed E-state index contributed by atoms with van der Waals surface area (Å²) in [7, 11) is 0. The van der Waals surface area contributed by atoms with Crippen LogP contribution in [0.1, 0.15) is 56.7 Å². The van der Waals surface area contributed by atoms with E-state index in [2.05, 4.69) is 91.0 Å². The van der Waals surface area contributed by atoms with Crippen LogP contribution in [0.3, 0.4) is 0 Å². The van der Waals surface area contributed by atoms with Crippen molar-refractivity contribution in [1.82, 2.24) is 4.90 Å². The van der Waals surface area contributed by atoms with Gasteiger partial charge in [-0.25, -0.2) is 4.79 Å². The summed E-state index contributed by atoms with van der Waals surface area (Å²) in [5.41, 5.74) is 3.34. The zero-order valence-electron chi connectivity index (χ0n) is 20.4. The molecule has 1 heterocycles. The van der Waals surface area contributed by atoms with E-state index < -0.39 is 5.60 Å². The highest BCUT2D eigenvalue weighted by Crippen LogP contribution is 2.49. The van der Waals surface area contributed by atoms with E-state index in [4.69, 9.17) is 4.74 Å². The van der Waals surface area contributed by atoms with Crippen LogP contribution < -0.4 is 0 Å². The Bertz CT molecular complexity index is 951. The second-order valence-electron chi connectivity index (χ2n) is 9.89. The molecule has 1 unspecified atom stereocenters. The van der Waals surface area contributed by atoms with Crippen LogP contribution in [0.5, 0.6) is 0 Å². The number of amides is 1. The summed E-state index contributed by atoms with van der Waals surface area (Å²) < 4.78 is 5.37. The molecule has 4 heteroatoms. The molecule has 0 radical (unpaired) electrons. The first kappa shape index (κ1) is 24.4. The maximum Gasteiger partial charge on any atom is 0.410 e. The average Bonchev–Trinajstić information content (AvgIpc) is 3.31. The smallest absolute Gasteiger partial charge is 0.410 e. The number of rotatable bonds is 7. The number of carbonyl (C=O) groups excluding carboxylic acids is 1. The van der Waals surface area contributed by atoms with E-state index in [0.29, 0.717) is 0 Å². The van der Waals surface area contributed by atoms with Crippen LogP contribution in [0, 0.1) is 0 Å². The van der Waals surface area contributed by atoms with Crippen LogP contribution in [0.2, 0.25) is 0 Å². The summed E-state index contributed by atoms with van der Waals surface area (Å²) >= 11 is 1.96. The molecule has 178 valence electrons. The van der Waals surface area contributed by atoms with Gasteiger partial charge in [0.05, 0.1) is 4.75 Å². The van der Waals surface area contributed by atoms with Gasteiger partial charge >= 0.3 is 6.09 Å². The molecule has 0 bridgehead atoms. The van der Waals surface area contributed by atoms with Crippen LogP contribution >= 0.6 is 11.8 Å². The van der Waals surface area contributed by atoms with Crippen molar-refractivity contribution in [3.05, 3.63) is 108 Å². The van der Waals surface area contributed by atoms with Crippen LogP contribution in [-0.4, -0.2) is 34.9 Å². The highest BCUT2D eigenvalue weighted by Gasteiger charge is 2.38. The first-order valence-corrected chi connectivity index (χ1v) is 13.2. The zero-order chi connectivity index (χ0) is 24.0. The van der Waals surface area contributed by atoms with E-state index >= 15 is 0 Å². The molecule has 3 aromatic carbocycles. The van der Waals surface area contributed by atoms with Crippen LogP contribution in [0.4, 0.5) is 4.79 Å². The Morgan fingerprint density at radius 3 is 1.76 bits per heavy atom. The van der Waals surface area contributed by atoms with Gasteiger partial charge in [0.1, 0.15) is 5.60 Å². The summed E-state index contributed by atoms with van der Waals surface area (Å²) in [5.74, 6) is 0.933. The second-order valence-corrected chi connectivity index (χ2v) is 11.2. The van der Waals surface area contributed by atoms with Gasteiger partial charge in [0, 0.05) is 12.6 Å². The molecule has 1 atom stereocenters. The van der Waals surface area contributed by atoms with Gasteiger partial charge in [-0.15, -0.1) is 11.8 Å². The van der Waals surface area contributed by atoms with Gasteiger partial charge in [-0.3, -0.25) is 0 Å². The summed E-state index contributed by atoms with van der Waals surface area (Å²) in [6.07, 6.45) is 2.84. The first-order valence-electron chi connectivity index (χ1n) is 12.2. The molecule has 1 amide bonds. The number of likely N-dealkylation sites (tertiary alicyclic amines) is 1. The van der Waals surface area contributed by atoms with Gasteiger partial charge in [-0.05, 0) is 62.5 Å². The third kappa shape index (κ3) is 5.50. The van der Waals surface area contributed by atoms with Crippen molar-refractivity contribution >= 4 is 17.9 Å². The molecule has 3 nitrogen and oxygen atoms in total. The average molecular weight is 474 g/mol. The topological polar surface area (TPSA) is 29.5 Å².